The summed E-state index contributed by atoms with van der Waals surface area (Å²) in [5.41, 5.74) is 3.77. The van der Waals surface area contributed by atoms with Gasteiger partial charge in [-0.2, -0.15) is 0 Å². The summed E-state index contributed by atoms with van der Waals surface area (Å²) in [6, 6.07) is 11.2. The molecular weight excluding hydrogens is 346 g/mol. The van der Waals surface area contributed by atoms with Crippen LogP contribution in [0, 0.1) is 5.41 Å². The molecule has 3 heterocycles. The lowest BCUT2D eigenvalue weighted by atomic mass is 9.60. The fraction of sp³-hybridized carbons (Fsp3) is 0.750. The van der Waals surface area contributed by atoms with Crippen LogP contribution in [0.4, 0.5) is 0 Å². The predicted octanol–water partition coefficient (Wildman–Crippen LogP) is 3.40. The molecule has 1 N–H and O–H groups in total. The molecule has 3 saturated heterocycles. The van der Waals surface area contributed by atoms with E-state index in [1.165, 1.54) is 58.4 Å². The zero-order chi connectivity index (χ0) is 19.1. The Hall–Kier alpha value is -0.940. The van der Waals surface area contributed by atoms with E-state index in [1.807, 2.05) is 0 Å². The van der Waals surface area contributed by atoms with Gasteiger partial charge in [-0.05, 0) is 61.2 Å². The first-order valence-corrected chi connectivity index (χ1v) is 11.5. The summed E-state index contributed by atoms with van der Waals surface area (Å²) in [7, 11) is 0. The minimum Gasteiger partial charge on any atom is -0.378 e. The molecule has 4 heteroatoms. The van der Waals surface area contributed by atoms with E-state index < -0.39 is 0 Å². The molecule has 1 spiro atoms. The molecule has 4 aliphatic rings. The Morgan fingerprint density at radius 2 is 1.79 bits per heavy atom. The van der Waals surface area contributed by atoms with Crippen LogP contribution < -0.4 is 5.32 Å². The summed E-state index contributed by atoms with van der Waals surface area (Å²) >= 11 is 0. The van der Waals surface area contributed by atoms with Crippen LogP contribution in [0.5, 0.6) is 0 Å². The SMILES string of the molecule is CC(C)c1ccccc1[C@@H]1CN(C2COC2)CCN1C1CC2(CCNCC2)C1. The third-order valence-corrected chi connectivity index (χ3v) is 8.04. The smallest absolute Gasteiger partial charge is 0.0645 e. The van der Waals surface area contributed by atoms with Crippen molar-refractivity contribution in [3.63, 3.8) is 0 Å². The zero-order valence-electron chi connectivity index (χ0n) is 17.7. The van der Waals surface area contributed by atoms with Gasteiger partial charge in [-0.3, -0.25) is 9.80 Å². The second kappa shape index (κ2) is 7.71. The Kier molecular flexibility index (Phi) is 5.25. The molecule has 4 nitrogen and oxygen atoms in total. The van der Waals surface area contributed by atoms with Gasteiger partial charge < -0.3 is 10.1 Å². The van der Waals surface area contributed by atoms with E-state index in [9.17, 15) is 0 Å². The Bertz CT molecular complexity index is 672. The Morgan fingerprint density at radius 3 is 2.46 bits per heavy atom. The van der Waals surface area contributed by atoms with Crippen LogP contribution in [0.25, 0.3) is 0 Å². The van der Waals surface area contributed by atoms with Crippen molar-refractivity contribution in [2.45, 2.75) is 63.6 Å². The highest BCUT2D eigenvalue weighted by atomic mass is 16.5. The summed E-state index contributed by atoms with van der Waals surface area (Å²) in [5, 5.41) is 3.56. The minimum atomic E-state index is 0.539. The van der Waals surface area contributed by atoms with E-state index in [4.69, 9.17) is 4.74 Å². The first-order valence-electron chi connectivity index (χ1n) is 11.5. The van der Waals surface area contributed by atoms with Crippen molar-refractivity contribution in [2.24, 2.45) is 5.41 Å². The lowest BCUT2D eigenvalue weighted by Gasteiger charge is -2.58. The minimum absolute atomic E-state index is 0.539. The third kappa shape index (κ3) is 3.43. The summed E-state index contributed by atoms with van der Waals surface area (Å²) in [6.45, 7) is 12.6. The molecular formula is C24H37N3O. The van der Waals surface area contributed by atoms with E-state index >= 15 is 0 Å². The van der Waals surface area contributed by atoms with Crippen LogP contribution in [-0.2, 0) is 4.74 Å². The molecule has 5 rings (SSSR count). The van der Waals surface area contributed by atoms with Crippen molar-refractivity contribution < 1.29 is 4.74 Å². The number of benzene rings is 1. The highest BCUT2D eigenvalue weighted by Crippen LogP contribution is 2.52. The zero-order valence-corrected chi connectivity index (χ0v) is 17.7. The molecule has 3 aliphatic heterocycles. The Morgan fingerprint density at radius 1 is 1.04 bits per heavy atom. The molecule has 0 unspecified atom stereocenters. The molecule has 1 aromatic carbocycles. The van der Waals surface area contributed by atoms with E-state index in [0.717, 1.165) is 19.3 Å². The maximum absolute atomic E-state index is 5.51. The van der Waals surface area contributed by atoms with E-state index in [1.54, 1.807) is 11.1 Å². The molecule has 1 atom stereocenters. The maximum Gasteiger partial charge on any atom is 0.0645 e. The largest absolute Gasteiger partial charge is 0.378 e. The molecule has 1 saturated carbocycles. The van der Waals surface area contributed by atoms with Gasteiger partial charge in [-0.1, -0.05) is 38.1 Å². The van der Waals surface area contributed by atoms with E-state index in [-0.39, 0.29) is 0 Å². The van der Waals surface area contributed by atoms with Crippen molar-refractivity contribution in [1.82, 2.24) is 15.1 Å². The molecule has 0 aromatic heterocycles. The highest BCUT2D eigenvalue weighted by molar-refractivity contribution is 5.33. The van der Waals surface area contributed by atoms with Gasteiger partial charge in [0.15, 0.2) is 0 Å². The van der Waals surface area contributed by atoms with Crippen LogP contribution in [-0.4, -0.2) is 67.8 Å². The van der Waals surface area contributed by atoms with E-state index in [2.05, 4.69) is 53.2 Å². The molecule has 0 bridgehead atoms. The molecule has 1 aliphatic carbocycles. The maximum atomic E-state index is 5.51. The molecule has 1 aromatic rings. The fourth-order valence-electron chi connectivity index (χ4n) is 6.18. The molecule has 0 amide bonds. The Labute approximate surface area is 170 Å². The van der Waals surface area contributed by atoms with Crippen molar-refractivity contribution >= 4 is 0 Å². The lowest BCUT2D eigenvalue weighted by Crippen LogP contribution is -2.62. The number of nitrogens with zero attached hydrogens (tertiary/aromatic N) is 2. The first kappa shape index (κ1) is 19.0. The monoisotopic (exact) mass is 383 g/mol. The number of nitrogens with one attached hydrogen (secondary N) is 1. The average Bonchev–Trinajstić information content (AvgIpc) is 2.65. The van der Waals surface area contributed by atoms with Crippen LogP contribution in [0.2, 0.25) is 0 Å². The predicted molar refractivity (Wildman–Crippen MR) is 114 cm³/mol. The number of hydrogen-bond donors (Lipinski definition) is 1. The van der Waals surface area contributed by atoms with Crippen molar-refractivity contribution in [2.75, 3.05) is 45.9 Å². The molecule has 0 radical (unpaired) electrons. The highest BCUT2D eigenvalue weighted by Gasteiger charge is 2.49. The third-order valence-electron chi connectivity index (χ3n) is 8.04. The summed E-state index contributed by atoms with van der Waals surface area (Å²) in [5.74, 6) is 0.581. The second-order valence-corrected chi connectivity index (χ2v) is 10.0. The van der Waals surface area contributed by atoms with Crippen molar-refractivity contribution in [3.8, 4) is 0 Å². The van der Waals surface area contributed by atoms with Gasteiger partial charge in [0.2, 0.25) is 0 Å². The first-order chi connectivity index (χ1) is 13.7. The standard InChI is InChI=1S/C24H37N3O/c1-18(2)21-5-3-4-6-22(21)23-15-26(20-16-28-17-20)11-12-27(23)19-13-24(14-19)7-9-25-10-8-24/h3-6,18-20,23,25H,7-17H2,1-2H3/t23-/m0/s1. The topological polar surface area (TPSA) is 27.7 Å². The number of piperazine rings is 1. The second-order valence-electron chi connectivity index (χ2n) is 10.0. The Balaban J connectivity index is 1.38. The van der Waals surface area contributed by atoms with Crippen molar-refractivity contribution in [3.05, 3.63) is 35.4 Å². The van der Waals surface area contributed by atoms with Gasteiger partial charge in [-0.25, -0.2) is 0 Å². The van der Waals surface area contributed by atoms with Crippen molar-refractivity contribution in [1.29, 1.82) is 0 Å². The lowest BCUT2D eigenvalue weighted by molar-refractivity contribution is -0.111. The van der Waals surface area contributed by atoms with Crippen LogP contribution in [0.3, 0.4) is 0 Å². The van der Waals surface area contributed by atoms with Gasteiger partial charge >= 0.3 is 0 Å². The van der Waals surface area contributed by atoms with Gasteiger partial charge in [0.25, 0.3) is 0 Å². The van der Waals surface area contributed by atoms with E-state index in [0.29, 0.717) is 23.4 Å². The average molecular weight is 384 g/mol. The van der Waals surface area contributed by atoms with Gasteiger partial charge in [0, 0.05) is 31.7 Å². The summed E-state index contributed by atoms with van der Waals surface area (Å²) in [4.78, 5) is 5.60. The van der Waals surface area contributed by atoms with Crippen LogP contribution in [0.1, 0.15) is 62.6 Å². The number of piperidine rings is 1. The quantitative estimate of drug-likeness (QED) is 0.862. The summed E-state index contributed by atoms with van der Waals surface area (Å²) < 4.78 is 5.51. The van der Waals surface area contributed by atoms with Crippen LogP contribution >= 0.6 is 0 Å². The van der Waals surface area contributed by atoms with Gasteiger partial charge in [0.05, 0.1) is 19.3 Å². The number of hydrogen-bond acceptors (Lipinski definition) is 4. The molecule has 28 heavy (non-hydrogen) atoms. The number of ether oxygens (including phenoxy) is 1. The van der Waals surface area contributed by atoms with Gasteiger partial charge in [0.1, 0.15) is 0 Å². The normalized spacial score (nSPS) is 29.8. The number of rotatable bonds is 4. The summed E-state index contributed by atoms with van der Waals surface area (Å²) in [6.07, 6.45) is 5.61. The fourth-order valence-corrected chi connectivity index (χ4v) is 6.18. The van der Waals surface area contributed by atoms with Crippen LogP contribution in [0.15, 0.2) is 24.3 Å². The van der Waals surface area contributed by atoms with Gasteiger partial charge in [-0.15, -0.1) is 0 Å². The molecule has 4 fully saturated rings. The molecule has 154 valence electrons.